The number of benzene rings is 2. The number of hydrogen-bond acceptors (Lipinski definition) is 3. The van der Waals surface area contributed by atoms with Crippen molar-refractivity contribution in [2.24, 2.45) is 0 Å². The minimum absolute atomic E-state index is 0.177. The Kier molecular flexibility index (Phi) is 5.90. The molecule has 2 aromatic carbocycles. The van der Waals surface area contributed by atoms with Gasteiger partial charge in [0.15, 0.2) is 0 Å². The fourth-order valence-corrected chi connectivity index (χ4v) is 5.33. The molecule has 1 saturated heterocycles. The number of amides is 1. The van der Waals surface area contributed by atoms with Crippen molar-refractivity contribution >= 4 is 16.9 Å². The third-order valence-corrected chi connectivity index (χ3v) is 7.25. The van der Waals surface area contributed by atoms with E-state index in [4.69, 9.17) is 9.72 Å². The lowest BCUT2D eigenvalue weighted by molar-refractivity contribution is -0.129. The Labute approximate surface area is 190 Å². The molecular formula is C27H33N3O2. The maximum Gasteiger partial charge on any atom is 0.223 e. The Balaban J connectivity index is 1.30. The molecule has 2 heterocycles. The summed E-state index contributed by atoms with van der Waals surface area (Å²) in [4.78, 5) is 19.9. The zero-order valence-corrected chi connectivity index (χ0v) is 19.2. The molecule has 2 fully saturated rings. The molecule has 2 aliphatic rings. The summed E-state index contributed by atoms with van der Waals surface area (Å²) in [7, 11) is 0. The van der Waals surface area contributed by atoms with Crippen molar-refractivity contribution in [1.82, 2.24) is 14.5 Å². The normalized spacial score (nSPS) is 19.4. The minimum Gasteiger partial charge on any atom is -0.494 e. The number of carbonyl (C=O) groups excluding carboxylic acids is 1. The van der Waals surface area contributed by atoms with Crippen LogP contribution in [0.5, 0.6) is 5.75 Å². The molecule has 5 nitrogen and oxygen atoms in total. The first-order valence-corrected chi connectivity index (χ1v) is 12.0. The molecule has 5 rings (SSSR count). The minimum atomic E-state index is 0.177. The van der Waals surface area contributed by atoms with Crippen LogP contribution in [0, 0.1) is 13.8 Å². The van der Waals surface area contributed by atoms with Crippen LogP contribution in [-0.4, -0.2) is 39.6 Å². The Morgan fingerprint density at radius 2 is 1.88 bits per heavy atom. The van der Waals surface area contributed by atoms with E-state index in [2.05, 4.69) is 53.6 Å². The number of ether oxygens (including phenoxy) is 1. The summed E-state index contributed by atoms with van der Waals surface area (Å²) < 4.78 is 8.35. The maximum absolute atomic E-state index is 12.8. The number of rotatable bonds is 7. The lowest BCUT2D eigenvalue weighted by Gasteiger charge is -2.24. The van der Waals surface area contributed by atoms with Gasteiger partial charge in [-0.25, -0.2) is 4.98 Å². The SMILES string of the molecule is Cc1ccc(OCCCn2c(C3CC(=O)N(C4CCCC4)C3)nc3ccccc32)cc1C. The van der Waals surface area contributed by atoms with Crippen LogP contribution in [0.4, 0.5) is 0 Å². The van der Waals surface area contributed by atoms with Crippen molar-refractivity contribution in [2.45, 2.75) is 70.9 Å². The molecule has 1 atom stereocenters. The van der Waals surface area contributed by atoms with Gasteiger partial charge >= 0.3 is 0 Å². The third kappa shape index (κ3) is 4.13. The van der Waals surface area contributed by atoms with E-state index in [0.717, 1.165) is 55.0 Å². The van der Waals surface area contributed by atoms with E-state index in [9.17, 15) is 4.79 Å². The van der Waals surface area contributed by atoms with E-state index in [1.165, 1.54) is 24.0 Å². The van der Waals surface area contributed by atoms with Crippen molar-refractivity contribution in [3.05, 3.63) is 59.4 Å². The summed E-state index contributed by atoms with van der Waals surface area (Å²) in [5.74, 6) is 2.47. The average Bonchev–Trinajstić information content (AvgIpc) is 3.52. The fourth-order valence-electron chi connectivity index (χ4n) is 5.33. The van der Waals surface area contributed by atoms with Gasteiger partial charge in [-0.1, -0.05) is 31.0 Å². The smallest absolute Gasteiger partial charge is 0.223 e. The van der Waals surface area contributed by atoms with Gasteiger partial charge in [0, 0.05) is 31.5 Å². The Bertz CT molecular complexity index is 1110. The van der Waals surface area contributed by atoms with Gasteiger partial charge < -0.3 is 14.2 Å². The molecule has 1 unspecified atom stereocenters. The second kappa shape index (κ2) is 8.97. The zero-order chi connectivity index (χ0) is 22.1. The lowest BCUT2D eigenvalue weighted by Crippen LogP contribution is -2.34. The highest BCUT2D eigenvalue weighted by Crippen LogP contribution is 2.35. The van der Waals surface area contributed by atoms with Crippen molar-refractivity contribution in [3.63, 3.8) is 0 Å². The zero-order valence-electron chi connectivity index (χ0n) is 19.2. The molecule has 3 aromatic rings. The van der Waals surface area contributed by atoms with Crippen LogP contribution in [0.25, 0.3) is 11.0 Å². The number of imidazole rings is 1. The molecule has 0 spiro atoms. The summed E-state index contributed by atoms with van der Waals surface area (Å²) in [6.07, 6.45) is 6.29. The van der Waals surface area contributed by atoms with Crippen molar-refractivity contribution in [2.75, 3.05) is 13.2 Å². The summed E-state index contributed by atoms with van der Waals surface area (Å²) >= 11 is 0. The van der Waals surface area contributed by atoms with Crippen molar-refractivity contribution in [1.29, 1.82) is 0 Å². The lowest BCUT2D eigenvalue weighted by atomic mass is 10.1. The number of aryl methyl sites for hydroxylation is 3. The molecule has 5 heteroatoms. The number of hydrogen-bond donors (Lipinski definition) is 0. The molecule has 0 N–H and O–H groups in total. The van der Waals surface area contributed by atoms with Gasteiger partial charge in [-0.3, -0.25) is 4.79 Å². The number of para-hydroxylation sites is 2. The van der Waals surface area contributed by atoms with Crippen LogP contribution < -0.4 is 4.74 Å². The number of nitrogens with zero attached hydrogens (tertiary/aromatic N) is 3. The average molecular weight is 432 g/mol. The molecule has 32 heavy (non-hydrogen) atoms. The van der Waals surface area contributed by atoms with E-state index >= 15 is 0 Å². The highest BCUT2D eigenvalue weighted by Gasteiger charge is 2.38. The Morgan fingerprint density at radius 3 is 2.69 bits per heavy atom. The molecule has 0 radical (unpaired) electrons. The molecule has 1 saturated carbocycles. The molecule has 1 aliphatic heterocycles. The van der Waals surface area contributed by atoms with Crippen LogP contribution in [0.3, 0.4) is 0 Å². The molecule has 0 bridgehead atoms. The van der Waals surface area contributed by atoms with Crippen molar-refractivity contribution in [3.8, 4) is 5.75 Å². The van der Waals surface area contributed by atoms with Gasteiger partial charge in [0.25, 0.3) is 0 Å². The van der Waals surface area contributed by atoms with Crippen LogP contribution >= 0.6 is 0 Å². The van der Waals surface area contributed by atoms with Crippen LogP contribution in [-0.2, 0) is 11.3 Å². The van der Waals surface area contributed by atoms with Crippen LogP contribution in [0.1, 0.15) is 61.4 Å². The summed E-state index contributed by atoms with van der Waals surface area (Å²) in [6, 6.07) is 15.0. The first-order valence-electron chi connectivity index (χ1n) is 12.0. The second-order valence-electron chi connectivity index (χ2n) is 9.44. The highest BCUT2D eigenvalue weighted by molar-refractivity contribution is 5.81. The maximum atomic E-state index is 12.8. The van der Waals surface area contributed by atoms with Gasteiger partial charge in [0.05, 0.1) is 17.6 Å². The monoisotopic (exact) mass is 431 g/mol. The summed E-state index contributed by atoms with van der Waals surface area (Å²) in [5, 5.41) is 0. The predicted molar refractivity (Wildman–Crippen MR) is 127 cm³/mol. The van der Waals surface area contributed by atoms with E-state index in [0.29, 0.717) is 25.0 Å². The molecule has 1 aromatic heterocycles. The summed E-state index contributed by atoms with van der Waals surface area (Å²) in [6.45, 7) is 6.54. The van der Waals surface area contributed by atoms with Crippen LogP contribution in [0.15, 0.2) is 42.5 Å². The number of fused-ring (bicyclic) bond motifs is 1. The third-order valence-electron chi connectivity index (χ3n) is 7.25. The molecular weight excluding hydrogens is 398 g/mol. The number of likely N-dealkylation sites (tertiary alicyclic amines) is 1. The van der Waals surface area contributed by atoms with Crippen LogP contribution in [0.2, 0.25) is 0 Å². The van der Waals surface area contributed by atoms with Gasteiger partial charge in [0.2, 0.25) is 5.91 Å². The second-order valence-corrected chi connectivity index (χ2v) is 9.44. The Hall–Kier alpha value is -2.82. The largest absolute Gasteiger partial charge is 0.494 e. The van der Waals surface area contributed by atoms with Crippen molar-refractivity contribution < 1.29 is 9.53 Å². The van der Waals surface area contributed by atoms with E-state index in [1.54, 1.807) is 0 Å². The number of aromatic nitrogens is 2. The molecule has 1 aliphatic carbocycles. The molecule has 168 valence electrons. The predicted octanol–water partition coefficient (Wildman–Crippen LogP) is 5.38. The first kappa shape index (κ1) is 21.0. The van der Waals surface area contributed by atoms with Gasteiger partial charge in [-0.2, -0.15) is 0 Å². The quantitative estimate of drug-likeness (QED) is 0.472. The topological polar surface area (TPSA) is 47.4 Å². The summed E-state index contributed by atoms with van der Waals surface area (Å²) in [5.41, 5.74) is 4.71. The standard InChI is InChI=1S/C27H33N3O2/c1-19-12-13-23(16-20(19)2)32-15-7-14-29-25-11-6-5-10-24(25)28-27(29)21-17-26(31)30(18-21)22-8-3-4-9-22/h5-6,10-13,16,21-22H,3-4,7-9,14-15,17-18H2,1-2H3. The van der Waals surface area contributed by atoms with Gasteiger partial charge in [-0.05, 0) is 68.5 Å². The van der Waals surface area contributed by atoms with E-state index in [-0.39, 0.29) is 5.92 Å². The van der Waals surface area contributed by atoms with Gasteiger partial charge in [0.1, 0.15) is 11.6 Å². The fraction of sp³-hybridized carbons (Fsp3) is 0.481. The Morgan fingerprint density at radius 1 is 1.06 bits per heavy atom. The van der Waals surface area contributed by atoms with Gasteiger partial charge in [-0.15, -0.1) is 0 Å². The van der Waals surface area contributed by atoms with E-state index in [1.807, 2.05) is 12.1 Å². The molecule has 1 amide bonds. The highest BCUT2D eigenvalue weighted by atomic mass is 16.5. The first-order chi connectivity index (χ1) is 15.6. The van der Waals surface area contributed by atoms with E-state index < -0.39 is 0 Å². The number of carbonyl (C=O) groups is 1.